The number of alkyl halides is 2. The second-order valence-electron chi connectivity index (χ2n) is 3.37. The second-order valence-corrected chi connectivity index (χ2v) is 3.37. The summed E-state index contributed by atoms with van der Waals surface area (Å²) in [5.41, 5.74) is 0. The van der Waals surface area contributed by atoms with Gasteiger partial charge in [-0.1, -0.05) is 0 Å². The van der Waals surface area contributed by atoms with Crippen LogP contribution in [0.4, 0.5) is 8.78 Å². The van der Waals surface area contributed by atoms with Crippen LogP contribution in [0.2, 0.25) is 0 Å². The van der Waals surface area contributed by atoms with Crippen molar-refractivity contribution in [2.45, 2.75) is 19.3 Å². The molecule has 13 heavy (non-hydrogen) atoms. The molecule has 0 aromatic carbocycles. The summed E-state index contributed by atoms with van der Waals surface area (Å²) >= 11 is 0. The molecule has 1 aliphatic rings. The van der Waals surface area contributed by atoms with Gasteiger partial charge < -0.3 is 10.0 Å². The van der Waals surface area contributed by atoms with Crippen molar-refractivity contribution in [1.29, 1.82) is 0 Å². The number of rotatable bonds is 1. The fourth-order valence-corrected chi connectivity index (χ4v) is 1.48. The zero-order chi connectivity index (χ0) is 10.1. The number of piperidine rings is 1. The molecule has 1 fully saturated rings. The Morgan fingerprint density at radius 1 is 1.69 bits per heavy atom. The van der Waals surface area contributed by atoms with Gasteiger partial charge in [0.2, 0.25) is 5.91 Å². The number of aliphatic hydroxyl groups excluding tert-OH is 1. The predicted molar refractivity (Wildman–Crippen MR) is 42.4 cm³/mol. The molecule has 76 valence electrons. The minimum Gasteiger partial charge on any atom is -0.396 e. The van der Waals surface area contributed by atoms with E-state index in [2.05, 4.69) is 0 Å². The average molecular weight is 193 g/mol. The molecule has 1 aliphatic heterocycles. The SMILES string of the molecule is CC(=O)N1CCC(CO)C(F)(F)C1. The summed E-state index contributed by atoms with van der Waals surface area (Å²) in [5, 5.41) is 8.67. The molecule has 5 heteroatoms. The standard InChI is InChI=1S/C8H13F2NO2/c1-6(13)11-3-2-7(4-12)8(9,10)5-11/h7,12H,2-5H2,1H3. The molecule has 0 aromatic heterocycles. The summed E-state index contributed by atoms with van der Waals surface area (Å²) in [7, 11) is 0. The number of carbonyl (C=O) groups is 1. The van der Waals surface area contributed by atoms with Crippen molar-refractivity contribution in [3.05, 3.63) is 0 Å². The number of halogens is 2. The summed E-state index contributed by atoms with van der Waals surface area (Å²) in [6.45, 7) is 0.512. The first-order chi connectivity index (χ1) is 5.97. The van der Waals surface area contributed by atoms with Crippen molar-refractivity contribution in [1.82, 2.24) is 4.90 Å². The van der Waals surface area contributed by atoms with Crippen LogP contribution in [0, 0.1) is 5.92 Å². The highest BCUT2D eigenvalue weighted by Gasteiger charge is 2.44. The van der Waals surface area contributed by atoms with Crippen LogP contribution in [0.25, 0.3) is 0 Å². The molecule has 0 saturated carbocycles. The van der Waals surface area contributed by atoms with E-state index in [1.165, 1.54) is 6.92 Å². The van der Waals surface area contributed by atoms with Gasteiger partial charge in [-0.2, -0.15) is 0 Å². The normalized spacial score (nSPS) is 27.4. The number of nitrogens with zero attached hydrogens (tertiary/aromatic N) is 1. The fraction of sp³-hybridized carbons (Fsp3) is 0.875. The van der Waals surface area contributed by atoms with E-state index in [-0.39, 0.29) is 12.3 Å². The first-order valence-electron chi connectivity index (χ1n) is 4.21. The van der Waals surface area contributed by atoms with Crippen LogP contribution < -0.4 is 0 Å². The van der Waals surface area contributed by atoms with E-state index in [1.54, 1.807) is 0 Å². The van der Waals surface area contributed by atoms with Crippen LogP contribution >= 0.6 is 0 Å². The van der Waals surface area contributed by atoms with Gasteiger partial charge >= 0.3 is 0 Å². The van der Waals surface area contributed by atoms with E-state index in [9.17, 15) is 13.6 Å². The third-order valence-electron chi connectivity index (χ3n) is 2.41. The molecule has 0 aliphatic carbocycles. The zero-order valence-electron chi connectivity index (χ0n) is 7.46. The Hall–Kier alpha value is -0.710. The summed E-state index contributed by atoms with van der Waals surface area (Å²) in [4.78, 5) is 11.9. The molecule has 1 rings (SSSR count). The second kappa shape index (κ2) is 3.57. The molecule has 0 aromatic rings. The number of aliphatic hydroxyl groups is 1. The summed E-state index contributed by atoms with van der Waals surface area (Å²) in [6, 6.07) is 0. The lowest BCUT2D eigenvalue weighted by molar-refractivity contribution is -0.152. The van der Waals surface area contributed by atoms with Crippen LogP contribution in [0.1, 0.15) is 13.3 Å². The first kappa shape index (κ1) is 10.4. The van der Waals surface area contributed by atoms with Crippen LogP contribution in [-0.2, 0) is 4.79 Å². The zero-order valence-corrected chi connectivity index (χ0v) is 7.46. The Balaban J connectivity index is 2.64. The maximum Gasteiger partial charge on any atom is 0.270 e. The summed E-state index contributed by atoms with van der Waals surface area (Å²) in [6.07, 6.45) is 0.170. The lowest BCUT2D eigenvalue weighted by Gasteiger charge is -2.37. The molecular formula is C8H13F2NO2. The molecule has 1 N–H and O–H groups in total. The minimum absolute atomic E-state index is 0.170. The van der Waals surface area contributed by atoms with Gasteiger partial charge in [0.05, 0.1) is 13.2 Å². The number of carbonyl (C=O) groups excluding carboxylic acids is 1. The van der Waals surface area contributed by atoms with E-state index in [4.69, 9.17) is 5.11 Å². The smallest absolute Gasteiger partial charge is 0.270 e. The molecule has 0 bridgehead atoms. The average Bonchev–Trinajstić information content (AvgIpc) is 2.02. The van der Waals surface area contributed by atoms with E-state index in [0.717, 1.165) is 4.90 Å². The third kappa shape index (κ3) is 2.15. The molecule has 1 atom stereocenters. The minimum atomic E-state index is -2.95. The van der Waals surface area contributed by atoms with Gasteiger partial charge in [-0.3, -0.25) is 4.79 Å². The van der Waals surface area contributed by atoms with Crippen LogP contribution in [-0.4, -0.2) is 41.5 Å². The van der Waals surface area contributed by atoms with Gasteiger partial charge in [0.1, 0.15) is 0 Å². The molecular weight excluding hydrogens is 180 g/mol. The maximum atomic E-state index is 13.1. The summed E-state index contributed by atoms with van der Waals surface area (Å²) in [5.74, 6) is -4.28. The van der Waals surface area contributed by atoms with Gasteiger partial charge in [0.15, 0.2) is 0 Å². The van der Waals surface area contributed by atoms with Crippen molar-refractivity contribution in [3.8, 4) is 0 Å². The maximum absolute atomic E-state index is 13.1. The molecule has 0 radical (unpaired) electrons. The van der Waals surface area contributed by atoms with Crippen molar-refractivity contribution < 1.29 is 18.7 Å². The Morgan fingerprint density at radius 2 is 2.31 bits per heavy atom. The molecule has 1 heterocycles. The molecule has 1 unspecified atom stereocenters. The lowest BCUT2D eigenvalue weighted by Crippen LogP contribution is -2.51. The van der Waals surface area contributed by atoms with E-state index in [1.807, 2.05) is 0 Å². The van der Waals surface area contributed by atoms with Crippen molar-refractivity contribution >= 4 is 5.91 Å². The van der Waals surface area contributed by atoms with Crippen LogP contribution in [0.3, 0.4) is 0 Å². The molecule has 3 nitrogen and oxygen atoms in total. The van der Waals surface area contributed by atoms with Crippen LogP contribution in [0.5, 0.6) is 0 Å². The topological polar surface area (TPSA) is 40.5 Å². The Labute approximate surface area is 75.3 Å². The van der Waals surface area contributed by atoms with Gasteiger partial charge in [-0.05, 0) is 6.42 Å². The van der Waals surface area contributed by atoms with Gasteiger partial charge in [0, 0.05) is 19.4 Å². The largest absolute Gasteiger partial charge is 0.396 e. The van der Waals surface area contributed by atoms with Crippen molar-refractivity contribution in [2.24, 2.45) is 5.92 Å². The number of hydrogen-bond donors (Lipinski definition) is 1. The van der Waals surface area contributed by atoms with E-state index < -0.39 is 25.0 Å². The van der Waals surface area contributed by atoms with Crippen molar-refractivity contribution in [2.75, 3.05) is 19.7 Å². The molecule has 0 spiro atoms. The number of amides is 1. The van der Waals surface area contributed by atoms with E-state index >= 15 is 0 Å². The van der Waals surface area contributed by atoms with E-state index in [0.29, 0.717) is 6.54 Å². The quantitative estimate of drug-likeness (QED) is 0.658. The summed E-state index contributed by atoms with van der Waals surface area (Å²) < 4.78 is 26.3. The first-order valence-corrected chi connectivity index (χ1v) is 4.21. The molecule has 1 amide bonds. The Morgan fingerprint density at radius 3 is 2.69 bits per heavy atom. The Kier molecular flexibility index (Phi) is 2.85. The lowest BCUT2D eigenvalue weighted by atomic mass is 9.94. The third-order valence-corrected chi connectivity index (χ3v) is 2.41. The van der Waals surface area contributed by atoms with Gasteiger partial charge in [-0.15, -0.1) is 0 Å². The highest BCUT2D eigenvalue weighted by Crippen LogP contribution is 2.32. The van der Waals surface area contributed by atoms with Crippen LogP contribution in [0.15, 0.2) is 0 Å². The number of hydrogen-bond acceptors (Lipinski definition) is 2. The predicted octanol–water partition coefficient (Wildman–Crippen LogP) is 0.482. The highest BCUT2D eigenvalue weighted by atomic mass is 19.3. The van der Waals surface area contributed by atoms with Gasteiger partial charge in [-0.25, -0.2) is 8.78 Å². The fourth-order valence-electron chi connectivity index (χ4n) is 1.48. The van der Waals surface area contributed by atoms with Crippen molar-refractivity contribution in [3.63, 3.8) is 0 Å². The van der Waals surface area contributed by atoms with Gasteiger partial charge in [0.25, 0.3) is 5.92 Å². The molecule has 1 saturated heterocycles. The number of likely N-dealkylation sites (tertiary alicyclic amines) is 1. The monoisotopic (exact) mass is 193 g/mol. The highest BCUT2D eigenvalue weighted by molar-refractivity contribution is 5.73. The Bertz CT molecular complexity index is 208.